The molecular formula is C19H19ClF2N4O2S. The summed E-state index contributed by atoms with van der Waals surface area (Å²) in [5, 5.41) is 3.25. The number of amides is 2. The lowest BCUT2D eigenvalue weighted by Crippen LogP contribution is -2.50. The highest BCUT2D eigenvalue weighted by atomic mass is 35.5. The van der Waals surface area contributed by atoms with Crippen molar-refractivity contribution in [3.63, 3.8) is 0 Å². The van der Waals surface area contributed by atoms with Crippen LogP contribution >= 0.6 is 23.4 Å². The number of nitrogens with zero attached hydrogens (tertiary/aromatic N) is 3. The molecule has 29 heavy (non-hydrogen) atoms. The topological polar surface area (TPSA) is 65.5 Å². The van der Waals surface area contributed by atoms with Crippen LogP contribution in [-0.2, 0) is 4.79 Å². The Labute approximate surface area is 176 Å². The number of aromatic nitrogens is 1. The zero-order valence-corrected chi connectivity index (χ0v) is 16.9. The number of thioether (sulfide) groups is 1. The number of rotatable bonds is 6. The first-order chi connectivity index (χ1) is 13.9. The molecule has 1 aromatic heterocycles. The van der Waals surface area contributed by atoms with Crippen LogP contribution in [0.15, 0.2) is 47.6 Å². The molecule has 1 N–H and O–H groups in total. The van der Waals surface area contributed by atoms with Crippen molar-refractivity contribution in [1.82, 2.24) is 14.8 Å². The number of pyridine rings is 1. The first kappa shape index (κ1) is 21.5. The SMILES string of the molecule is O=C(CN1CCN(C(=O)c2cccnc2SC(F)F)CC1)Nc1ccccc1Cl. The van der Waals surface area contributed by atoms with Crippen molar-refractivity contribution in [2.24, 2.45) is 0 Å². The summed E-state index contributed by atoms with van der Waals surface area (Å²) >= 11 is 6.30. The van der Waals surface area contributed by atoms with Crippen LogP contribution < -0.4 is 5.32 Å². The van der Waals surface area contributed by atoms with Crippen molar-refractivity contribution in [3.8, 4) is 0 Å². The van der Waals surface area contributed by atoms with E-state index in [1.807, 2.05) is 4.90 Å². The van der Waals surface area contributed by atoms with E-state index in [9.17, 15) is 18.4 Å². The normalized spacial score (nSPS) is 14.8. The summed E-state index contributed by atoms with van der Waals surface area (Å²) < 4.78 is 25.4. The third-order valence-electron chi connectivity index (χ3n) is 4.38. The second-order valence-corrected chi connectivity index (χ2v) is 7.72. The number of benzene rings is 1. The number of alkyl halides is 2. The van der Waals surface area contributed by atoms with E-state index in [0.717, 1.165) is 0 Å². The van der Waals surface area contributed by atoms with Gasteiger partial charge in [-0.25, -0.2) is 4.98 Å². The molecule has 1 aliphatic heterocycles. The summed E-state index contributed by atoms with van der Waals surface area (Å²) in [7, 11) is 0. The molecule has 0 spiro atoms. The number of halogens is 3. The van der Waals surface area contributed by atoms with Crippen molar-refractivity contribution >= 4 is 40.9 Å². The van der Waals surface area contributed by atoms with E-state index in [1.54, 1.807) is 35.2 Å². The van der Waals surface area contributed by atoms with Gasteiger partial charge in [-0.2, -0.15) is 8.78 Å². The van der Waals surface area contributed by atoms with E-state index < -0.39 is 5.76 Å². The van der Waals surface area contributed by atoms with E-state index in [4.69, 9.17) is 11.6 Å². The lowest BCUT2D eigenvalue weighted by atomic mass is 10.2. The molecule has 0 unspecified atom stereocenters. The van der Waals surface area contributed by atoms with Crippen LogP contribution in [0.5, 0.6) is 0 Å². The minimum Gasteiger partial charge on any atom is -0.336 e. The van der Waals surface area contributed by atoms with E-state index in [-0.39, 0.29) is 40.7 Å². The maximum Gasteiger partial charge on any atom is 0.290 e. The minimum absolute atomic E-state index is 0.0223. The first-order valence-electron chi connectivity index (χ1n) is 8.90. The van der Waals surface area contributed by atoms with Gasteiger partial charge in [0.25, 0.3) is 11.7 Å². The maximum absolute atomic E-state index is 12.7. The van der Waals surface area contributed by atoms with E-state index in [2.05, 4.69) is 10.3 Å². The van der Waals surface area contributed by atoms with Crippen LogP contribution in [-0.4, -0.2) is 65.1 Å². The number of piperazine rings is 1. The van der Waals surface area contributed by atoms with Gasteiger partial charge in [0, 0.05) is 32.4 Å². The second kappa shape index (κ2) is 10.00. The third-order valence-corrected chi connectivity index (χ3v) is 5.43. The van der Waals surface area contributed by atoms with Gasteiger partial charge in [-0.1, -0.05) is 23.7 Å². The average molecular weight is 441 g/mol. The standard InChI is InChI=1S/C19H19ClF2N4O2S/c20-14-5-1-2-6-15(14)24-16(27)12-25-8-10-26(11-9-25)18(28)13-4-3-7-23-17(13)29-19(21)22/h1-7,19H,8-12H2,(H,24,27). The Hall–Kier alpha value is -2.23. The Morgan fingerprint density at radius 1 is 1.14 bits per heavy atom. The fourth-order valence-corrected chi connectivity index (χ4v) is 3.72. The number of hydrogen-bond donors (Lipinski definition) is 1. The molecule has 10 heteroatoms. The molecule has 2 heterocycles. The summed E-state index contributed by atoms with van der Waals surface area (Å²) in [6, 6.07) is 10.0. The van der Waals surface area contributed by atoms with Gasteiger partial charge in [0.2, 0.25) is 5.91 Å². The number of carbonyl (C=O) groups is 2. The average Bonchev–Trinajstić information content (AvgIpc) is 2.70. The predicted molar refractivity (Wildman–Crippen MR) is 109 cm³/mol. The fraction of sp³-hybridized carbons (Fsp3) is 0.316. The van der Waals surface area contributed by atoms with Gasteiger partial charge in [-0.3, -0.25) is 14.5 Å². The third kappa shape index (κ3) is 5.88. The molecule has 2 aromatic rings. The van der Waals surface area contributed by atoms with Gasteiger partial charge in [0.05, 0.1) is 22.8 Å². The highest BCUT2D eigenvalue weighted by Gasteiger charge is 2.26. The maximum atomic E-state index is 12.7. The van der Waals surface area contributed by atoms with Crippen LogP contribution in [0.25, 0.3) is 0 Å². The summed E-state index contributed by atoms with van der Waals surface area (Å²) in [5.41, 5.74) is 0.719. The van der Waals surface area contributed by atoms with Crippen molar-refractivity contribution < 1.29 is 18.4 Å². The molecule has 1 fully saturated rings. The van der Waals surface area contributed by atoms with Crippen LogP contribution in [0.2, 0.25) is 5.02 Å². The van der Waals surface area contributed by atoms with Crippen molar-refractivity contribution in [1.29, 1.82) is 0 Å². The highest BCUT2D eigenvalue weighted by Crippen LogP contribution is 2.27. The van der Waals surface area contributed by atoms with Crippen LogP contribution in [0, 0.1) is 0 Å². The second-order valence-electron chi connectivity index (χ2n) is 6.33. The molecule has 0 atom stereocenters. The molecule has 2 amide bonds. The Morgan fingerprint density at radius 3 is 2.55 bits per heavy atom. The Kier molecular flexibility index (Phi) is 7.40. The van der Waals surface area contributed by atoms with Crippen LogP contribution in [0.1, 0.15) is 10.4 Å². The molecule has 1 saturated heterocycles. The molecule has 0 saturated carbocycles. The predicted octanol–water partition coefficient (Wildman–Crippen LogP) is 3.45. The van der Waals surface area contributed by atoms with Gasteiger partial charge < -0.3 is 10.2 Å². The fourth-order valence-electron chi connectivity index (χ4n) is 2.97. The summed E-state index contributed by atoms with van der Waals surface area (Å²) in [4.78, 5) is 32.4. The molecule has 3 rings (SSSR count). The number of hydrogen-bond acceptors (Lipinski definition) is 5. The molecule has 0 bridgehead atoms. The zero-order chi connectivity index (χ0) is 20.8. The molecule has 0 aliphatic carbocycles. The van der Waals surface area contributed by atoms with Gasteiger partial charge in [-0.15, -0.1) is 0 Å². The number of para-hydroxylation sites is 1. The summed E-state index contributed by atoms with van der Waals surface area (Å²) in [6.45, 7) is 1.96. The van der Waals surface area contributed by atoms with Crippen LogP contribution in [0.4, 0.5) is 14.5 Å². The van der Waals surface area contributed by atoms with Gasteiger partial charge in [-0.05, 0) is 36.0 Å². The number of anilines is 1. The van der Waals surface area contributed by atoms with E-state index in [1.165, 1.54) is 12.3 Å². The lowest BCUT2D eigenvalue weighted by molar-refractivity contribution is -0.117. The van der Waals surface area contributed by atoms with Gasteiger partial charge >= 0.3 is 0 Å². The molecule has 1 aliphatic rings. The number of carbonyl (C=O) groups excluding carboxylic acids is 2. The van der Waals surface area contributed by atoms with E-state index in [0.29, 0.717) is 36.9 Å². The van der Waals surface area contributed by atoms with Crippen molar-refractivity contribution in [3.05, 3.63) is 53.2 Å². The molecule has 1 aromatic carbocycles. The molecule has 0 radical (unpaired) electrons. The summed E-state index contributed by atoms with van der Waals surface area (Å²) in [6.07, 6.45) is 1.39. The molecule has 6 nitrogen and oxygen atoms in total. The van der Waals surface area contributed by atoms with Crippen molar-refractivity contribution in [2.75, 3.05) is 38.0 Å². The molecule has 154 valence electrons. The largest absolute Gasteiger partial charge is 0.336 e. The summed E-state index contributed by atoms with van der Waals surface area (Å²) in [5.74, 6) is -3.17. The van der Waals surface area contributed by atoms with Crippen LogP contribution in [0.3, 0.4) is 0 Å². The lowest BCUT2D eigenvalue weighted by Gasteiger charge is -2.34. The Morgan fingerprint density at radius 2 is 1.86 bits per heavy atom. The highest BCUT2D eigenvalue weighted by molar-refractivity contribution is 7.99. The smallest absolute Gasteiger partial charge is 0.290 e. The molecular weight excluding hydrogens is 422 g/mol. The number of nitrogens with one attached hydrogen (secondary N) is 1. The quantitative estimate of drug-likeness (QED) is 0.697. The van der Waals surface area contributed by atoms with Crippen molar-refractivity contribution in [2.45, 2.75) is 10.8 Å². The van der Waals surface area contributed by atoms with E-state index >= 15 is 0 Å². The Bertz CT molecular complexity index is 879. The minimum atomic E-state index is -2.65. The Balaban J connectivity index is 1.53. The first-order valence-corrected chi connectivity index (χ1v) is 10.2. The monoisotopic (exact) mass is 440 g/mol. The zero-order valence-electron chi connectivity index (χ0n) is 15.4. The van der Waals surface area contributed by atoms with Gasteiger partial charge in [0.1, 0.15) is 5.03 Å². The van der Waals surface area contributed by atoms with Gasteiger partial charge in [0.15, 0.2) is 0 Å².